The van der Waals surface area contributed by atoms with Crippen molar-refractivity contribution in [3.63, 3.8) is 0 Å². The molecule has 0 fully saturated rings. The number of aryl methyl sites for hydroxylation is 2. The molecular weight excluding hydrogens is 404 g/mol. The zero-order chi connectivity index (χ0) is 21.4. The zero-order valence-electron chi connectivity index (χ0n) is 18.2. The SMILES string of the molecule is CCc1cccc2c1-c1c(C)ccc3cccc(c13)-c1cc3c(cc1-2)sc1ccccc13. The van der Waals surface area contributed by atoms with Crippen molar-refractivity contribution in [2.45, 2.75) is 20.3 Å². The van der Waals surface area contributed by atoms with Gasteiger partial charge in [-0.1, -0.05) is 73.7 Å². The minimum atomic E-state index is 1.03. The first-order valence-corrected chi connectivity index (χ1v) is 12.2. The normalized spacial score (nSPS) is 12.2. The molecular formula is C31H22S. The molecule has 32 heavy (non-hydrogen) atoms. The number of hydrogen-bond acceptors (Lipinski definition) is 1. The largest absolute Gasteiger partial charge is 0.135 e. The minimum absolute atomic E-state index is 1.03. The van der Waals surface area contributed by atoms with Crippen LogP contribution in [0.1, 0.15) is 18.1 Å². The molecule has 0 amide bonds. The van der Waals surface area contributed by atoms with Gasteiger partial charge < -0.3 is 0 Å². The second-order valence-electron chi connectivity index (χ2n) is 8.85. The molecule has 7 rings (SSSR count). The Morgan fingerprint density at radius 1 is 0.625 bits per heavy atom. The molecule has 0 bridgehead atoms. The Bertz CT molecular complexity index is 1710. The molecule has 0 saturated carbocycles. The zero-order valence-corrected chi connectivity index (χ0v) is 19.0. The highest BCUT2D eigenvalue weighted by Gasteiger charge is 2.25. The fourth-order valence-corrected chi connectivity index (χ4v) is 6.79. The van der Waals surface area contributed by atoms with E-state index in [1.807, 2.05) is 11.3 Å². The lowest BCUT2D eigenvalue weighted by Gasteiger charge is -2.17. The summed E-state index contributed by atoms with van der Waals surface area (Å²) in [7, 11) is 0. The fourth-order valence-electron chi connectivity index (χ4n) is 5.66. The first-order valence-electron chi connectivity index (χ1n) is 11.3. The Hall–Kier alpha value is -3.42. The molecule has 1 aliphatic carbocycles. The number of hydrogen-bond donors (Lipinski definition) is 0. The van der Waals surface area contributed by atoms with E-state index in [1.54, 1.807) is 0 Å². The fraction of sp³-hybridized carbons (Fsp3) is 0.0968. The summed E-state index contributed by atoms with van der Waals surface area (Å²) in [6.45, 7) is 4.54. The topological polar surface area (TPSA) is 0 Å². The molecule has 0 N–H and O–H groups in total. The van der Waals surface area contributed by atoms with E-state index in [9.17, 15) is 0 Å². The van der Waals surface area contributed by atoms with Crippen molar-refractivity contribution >= 4 is 42.3 Å². The third kappa shape index (κ3) is 2.32. The molecule has 6 aromatic rings. The van der Waals surface area contributed by atoms with Crippen molar-refractivity contribution in [2.75, 3.05) is 0 Å². The standard InChI is InChI=1S/C31H22S/c1-3-19-8-6-11-23-25-17-28-26(21-10-4-5-13-27(21)32-28)16-24(25)22-12-7-9-20-15-14-18(2)29(30(19)23)31(20)22/h4-17H,3H2,1-2H3. The van der Waals surface area contributed by atoms with Gasteiger partial charge in [-0.3, -0.25) is 0 Å². The van der Waals surface area contributed by atoms with Crippen LogP contribution in [-0.4, -0.2) is 0 Å². The maximum atomic E-state index is 2.46. The van der Waals surface area contributed by atoms with Crippen LogP contribution in [0.2, 0.25) is 0 Å². The summed E-state index contributed by atoms with van der Waals surface area (Å²) in [6.07, 6.45) is 1.03. The van der Waals surface area contributed by atoms with E-state index < -0.39 is 0 Å². The quantitative estimate of drug-likeness (QED) is 0.245. The lowest BCUT2D eigenvalue weighted by molar-refractivity contribution is 1.14. The van der Waals surface area contributed by atoms with E-state index in [-0.39, 0.29) is 0 Å². The van der Waals surface area contributed by atoms with Crippen LogP contribution < -0.4 is 0 Å². The lowest BCUT2D eigenvalue weighted by Crippen LogP contribution is -1.94. The van der Waals surface area contributed by atoms with Crippen molar-refractivity contribution in [1.29, 1.82) is 0 Å². The maximum absolute atomic E-state index is 2.46. The third-order valence-corrected chi connectivity index (χ3v) is 8.27. The summed E-state index contributed by atoms with van der Waals surface area (Å²) < 4.78 is 2.73. The molecule has 152 valence electrons. The lowest BCUT2D eigenvalue weighted by atomic mass is 9.87. The van der Waals surface area contributed by atoms with Crippen LogP contribution in [0.3, 0.4) is 0 Å². The third-order valence-electron chi connectivity index (χ3n) is 7.13. The molecule has 1 heteroatoms. The summed E-state index contributed by atoms with van der Waals surface area (Å²) in [5.74, 6) is 0. The molecule has 1 aromatic heterocycles. The molecule has 0 unspecified atom stereocenters. The number of thiophene rings is 1. The summed E-state index contributed by atoms with van der Waals surface area (Å²) in [5.41, 5.74) is 11.0. The summed E-state index contributed by atoms with van der Waals surface area (Å²) in [6, 6.07) is 32.0. The van der Waals surface area contributed by atoms with Crippen LogP contribution in [0.4, 0.5) is 0 Å². The summed E-state index contributed by atoms with van der Waals surface area (Å²) in [4.78, 5) is 0. The van der Waals surface area contributed by atoms with Crippen molar-refractivity contribution < 1.29 is 0 Å². The van der Waals surface area contributed by atoms with Crippen LogP contribution >= 0.6 is 11.3 Å². The predicted octanol–water partition coefficient (Wildman–Crippen LogP) is 9.39. The van der Waals surface area contributed by atoms with Gasteiger partial charge in [-0.05, 0) is 86.8 Å². The van der Waals surface area contributed by atoms with E-state index in [2.05, 4.69) is 98.8 Å². The first kappa shape index (κ1) is 18.2. The average Bonchev–Trinajstić information content (AvgIpc) is 3.14. The van der Waals surface area contributed by atoms with Gasteiger partial charge in [0, 0.05) is 20.2 Å². The number of fused-ring (bicyclic) bond motifs is 8. The van der Waals surface area contributed by atoms with Crippen LogP contribution in [-0.2, 0) is 6.42 Å². The highest BCUT2D eigenvalue weighted by atomic mass is 32.1. The molecule has 0 saturated heterocycles. The monoisotopic (exact) mass is 426 g/mol. The smallest absolute Gasteiger partial charge is 0.0362 e. The number of rotatable bonds is 1. The van der Waals surface area contributed by atoms with E-state index in [4.69, 9.17) is 0 Å². The van der Waals surface area contributed by atoms with Gasteiger partial charge in [0.05, 0.1) is 0 Å². The van der Waals surface area contributed by atoms with Crippen molar-refractivity contribution in [3.8, 4) is 33.4 Å². The predicted molar refractivity (Wildman–Crippen MR) is 141 cm³/mol. The Labute approximate surface area is 191 Å². The van der Waals surface area contributed by atoms with Crippen LogP contribution in [0.15, 0.2) is 84.9 Å². The summed E-state index contributed by atoms with van der Waals surface area (Å²) in [5, 5.41) is 5.44. The Morgan fingerprint density at radius 2 is 1.44 bits per heavy atom. The molecule has 1 heterocycles. The number of benzene rings is 5. The first-order chi connectivity index (χ1) is 15.7. The molecule has 1 aliphatic rings. The molecule has 0 radical (unpaired) electrons. The van der Waals surface area contributed by atoms with E-state index in [1.165, 1.54) is 75.5 Å². The Balaban J connectivity index is 1.76. The molecule has 5 aromatic carbocycles. The second kappa shape index (κ2) is 6.54. The van der Waals surface area contributed by atoms with E-state index in [0.717, 1.165) is 6.42 Å². The van der Waals surface area contributed by atoms with Gasteiger partial charge in [-0.15, -0.1) is 11.3 Å². The highest BCUT2D eigenvalue weighted by molar-refractivity contribution is 7.25. The van der Waals surface area contributed by atoms with Gasteiger partial charge >= 0.3 is 0 Å². The highest BCUT2D eigenvalue weighted by Crippen LogP contribution is 2.51. The minimum Gasteiger partial charge on any atom is -0.135 e. The van der Waals surface area contributed by atoms with Crippen LogP contribution in [0.5, 0.6) is 0 Å². The van der Waals surface area contributed by atoms with Crippen molar-refractivity contribution in [3.05, 3.63) is 96.1 Å². The molecule has 0 aliphatic heterocycles. The van der Waals surface area contributed by atoms with Gasteiger partial charge in [0.25, 0.3) is 0 Å². The Kier molecular flexibility index (Phi) is 3.72. The Morgan fingerprint density at radius 3 is 2.34 bits per heavy atom. The van der Waals surface area contributed by atoms with Crippen molar-refractivity contribution in [2.24, 2.45) is 0 Å². The molecule has 0 spiro atoms. The molecule has 0 nitrogen and oxygen atoms in total. The van der Waals surface area contributed by atoms with Crippen LogP contribution in [0, 0.1) is 6.92 Å². The van der Waals surface area contributed by atoms with E-state index in [0.29, 0.717) is 0 Å². The van der Waals surface area contributed by atoms with Gasteiger partial charge in [0.15, 0.2) is 0 Å². The van der Waals surface area contributed by atoms with Crippen LogP contribution in [0.25, 0.3) is 64.3 Å². The second-order valence-corrected chi connectivity index (χ2v) is 9.93. The van der Waals surface area contributed by atoms with Crippen molar-refractivity contribution in [1.82, 2.24) is 0 Å². The van der Waals surface area contributed by atoms with Gasteiger partial charge in [0.1, 0.15) is 0 Å². The molecule has 0 atom stereocenters. The van der Waals surface area contributed by atoms with E-state index >= 15 is 0 Å². The van der Waals surface area contributed by atoms with Gasteiger partial charge in [-0.25, -0.2) is 0 Å². The maximum Gasteiger partial charge on any atom is 0.0362 e. The van der Waals surface area contributed by atoms with Gasteiger partial charge in [0.2, 0.25) is 0 Å². The van der Waals surface area contributed by atoms with Gasteiger partial charge in [-0.2, -0.15) is 0 Å². The average molecular weight is 427 g/mol. The summed E-state index contributed by atoms with van der Waals surface area (Å²) >= 11 is 1.91.